The standard InChI is InChI=1S/C13H20BrNS/c1-9-5-10(2)7-13(15,6-9)8-11-3-4-12(14)16-11/h3-4,9-10H,5-8,15H2,1-2H3. The number of hydrogen-bond donors (Lipinski definition) is 1. The fraction of sp³-hybridized carbons (Fsp3) is 0.692. The van der Waals surface area contributed by atoms with E-state index in [-0.39, 0.29) is 5.54 Å². The second-order valence-corrected chi connectivity index (χ2v) is 8.15. The highest BCUT2D eigenvalue weighted by Gasteiger charge is 2.34. The smallest absolute Gasteiger partial charge is 0.0701 e. The van der Waals surface area contributed by atoms with Gasteiger partial charge < -0.3 is 5.73 Å². The summed E-state index contributed by atoms with van der Waals surface area (Å²) in [5.41, 5.74) is 6.60. The Morgan fingerprint density at radius 3 is 2.50 bits per heavy atom. The lowest BCUT2D eigenvalue weighted by Gasteiger charge is -2.40. The van der Waals surface area contributed by atoms with Crippen molar-refractivity contribution in [1.82, 2.24) is 0 Å². The molecule has 0 saturated heterocycles. The molecule has 1 aliphatic rings. The van der Waals surface area contributed by atoms with Crippen LogP contribution in [-0.2, 0) is 6.42 Å². The molecule has 0 amide bonds. The van der Waals surface area contributed by atoms with Gasteiger partial charge in [0.15, 0.2) is 0 Å². The summed E-state index contributed by atoms with van der Waals surface area (Å²) in [5, 5.41) is 0. The van der Waals surface area contributed by atoms with Crippen molar-refractivity contribution in [2.24, 2.45) is 17.6 Å². The minimum absolute atomic E-state index is 0.0291. The average molecular weight is 302 g/mol. The van der Waals surface area contributed by atoms with Crippen molar-refractivity contribution in [2.75, 3.05) is 0 Å². The van der Waals surface area contributed by atoms with Crippen LogP contribution in [0, 0.1) is 11.8 Å². The fourth-order valence-electron chi connectivity index (χ4n) is 3.26. The number of thiophene rings is 1. The van der Waals surface area contributed by atoms with E-state index in [1.807, 2.05) is 11.3 Å². The van der Waals surface area contributed by atoms with Crippen LogP contribution in [0.1, 0.15) is 38.0 Å². The number of nitrogens with two attached hydrogens (primary N) is 1. The normalized spacial score (nSPS) is 35.2. The zero-order valence-electron chi connectivity index (χ0n) is 10.0. The van der Waals surface area contributed by atoms with Crippen molar-refractivity contribution < 1.29 is 0 Å². The topological polar surface area (TPSA) is 26.0 Å². The van der Waals surface area contributed by atoms with Crippen LogP contribution in [0.4, 0.5) is 0 Å². The van der Waals surface area contributed by atoms with E-state index in [4.69, 9.17) is 5.73 Å². The lowest BCUT2D eigenvalue weighted by molar-refractivity contribution is 0.183. The van der Waals surface area contributed by atoms with E-state index in [9.17, 15) is 0 Å². The van der Waals surface area contributed by atoms with Crippen molar-refractivity contribution >= 4 is 27.3 Å². The van der Waals surface area contributed by atoms with Crippen molar-refractivity contribution in [3.63, 3.8) is 0 Å². The summed E-state index contributed by atoms with van der Waals surface area (Å²) < 4.78 is 1.21. The summed E-state index contributed by atoms with van der Waals surface area (Å²) in [7, 11) is 0. The molecule has 1 heterocycles. The first-order chi connectivity index (χ1) is 7.47. The molecular weight excluding hydrogens is 282 g/mol. The third-order valence-corrected chi connectivity index (χ3v) is 5.09. The Morgan fingerprint density at radius 2 is 2.00 bits per heavy atom. The van der Waals surface area contributed by atoms with Gasteiger partial charge in [0.1, 0.15) is 0 Å². The highest BCUT2D eigenvalue weighted by molar-refractivity contribution is 9.11. The minimum atomic E-state index is 0.0291. The Morgan fingerprint density at radius 1 is 1.38 bits per heavy atom. The van der Waals surface area contributed by atoms with Crippen LogP contribution >= 0.6 is 27.3 Å². The highest BCUT2D eigenvalue weighted by Crippen LogP contribution is 2.37. The van der Waals surface area contributed by atoms with Gasteiger partial charge in [0.2, 0.25) is 0 Å². The molecule has 0 bridgehead atoms. The lowest BCUT2D eigenvalue weighted by atomic mass is 9.70. The molecule has 0 spiro atoms. The van der Waals surface area contributed by atoms with Crippen molar-refractivity contribution in [2.45, 2.75) is 45.1 Å². The molecule has 90 valence electrons. The van der Waals surface area contributed by atoms with Crippen molar-refractivity contribution in [1.29, 1.82) is 0 Å². The molecule has 1 aromatic rings. The van der Waals surface area contributed by atoms with E-state index in [1.165, 1.54) is 27.9 Å². The highest BCUT2D eigenvalue weighted by atomic mass is 79.9. The maximum atomic E-state index is 6.57. The van der Waals surface area contributed by atoms with Gasteiger partial charge >= 0.3 is 0 Å². The van der Waals surface area contributed by atoms with Crippen LogP contribution < -0.4 is 5.73 Å². The molecule has 1 saturated carbocycles. The summed E-state index contributed by atoms with van der Waals surface area (Å²) in [4.78, 5) is 1.41. The molecule has 0 aromatic carbocycles. The molecule has 2 atom stereocenters. The maximum Gasteiger partial charge on any atom is 0.0701 e. The van der Waals surface area contributed by atoms with E-state index in [1.54, 1.807) is 0 Å². The third kappa shape index (κ3) is 3.08. The number of rotatable bonds is 2. The SMILES string of the molecule is CC1CC(C)CC(N)(Cc2ccc(Br)s2)C1. The summed E-state index contributed by atoms with van der Waals surface area (Å²) in [6, 6.07) is 4.33. The summed E-state index contributed by atoms with van der Waals surface area (Å²) in [6.07, 6.45) is 4.73. The minimum Gasteiger partial charge on any atom is -0.325 e. The van der Waals surface area contributed by atoms with Gasteiger partial charge in [-0.2, -0.15) is 0 Å². The quantitative estimate of drug-likeness (QED) is 0.870. The molecule has 1 aliphatic carbocycles. The molecule has 0 radical (unpaired) electrons. The first-order valence-electron chi connectivity index (χ1n) is 6.00. The summed E-state index contributed by atoms with van der Waals surface area (Å²) in [6.45, 7) is 4.67. The van der Waals surface area contributed by atoms with Crippen LogP contribution in [0.25, 0.3) is 0 Å². The van der Waals surface area contributed by atoms with Crippen LogP contribution in [0.3, 0.4) is 0 Å². The van der Waals surface area contributed by atoms with E-state index < -0.39 is 0 Å². The third-order valence-electron chi connectivity index (χ3n) is 3.47. The molecule has 1 fully saturated rings. The molecule has 2 unspecified atom stereocenters. The number of hydrogen-bond acceptors (Lipinski definition) is 2. The molecule has 1 aromatic heterocycles. The molecule has 3 heteroatoms. The Hall–Kier alpha value is 0.140. The van der Waals surface area contributed by atoms with Gasteiger partial charge in [0.25, 0.3) is 0 Å². The van der Waals surface area contributed by atoms with Crippen LogP contribution in [-0.4, -0.2) is 5.54 Å². The van der Waals surface area contributed by atoms with Gasteiger partial charge in [-0.3, -0.25) is 0 Å². The van der Waals surface area contributed by atoms with Crippen molar-refractivity contribution in [3.05, 3.63) is 20.8 Å². The Kier molecular flexibility index (Phi) is 3.77. The van der Waals surface area contributed by atoms with E-state index >= 15 is 0 Å². The zero-order valence-corrected chi connectivity index (χ0v) is 12.4. The monoisotopic (exact) mass is 301 g/mol. The largest absolute Gasteiger partial charge is 0.325 e. The Labute approximate surface area is 111 Å². The molecule has 1 nitrogen and oxygen atoms in total. The summed E-state index contributed by atoms with van der Waals surface area (Å²) in [5.74, 6) is 1.55. The Balaban J connectivity index is 2.07. The maximum absolute atomic E-state index is 6.57. The van der Waals surface area contributed by atoms with Gasteiger partial charge in [0.05, 0.1) is 3.79 Å². The van der Waals surface area contributed by atoms with Gasteiger partial charge in [-0.25, -0.2) is 0 Å². The molecule has 2 N–H and O–H groups in total. The van der Waals surface area contributed by atoms with E-state index in [0.717, 1.165) is 18.3 Å². The zero-order chi connectivity index (χ0) is 11.8. The lowest BCUT2D eigenvalue weighted by Crippen LogP contribution is -2.47. The van der Waals surface area contributed by atoms with Gasteiger partial charge in [-0.1, -0.05) is 13.8 Å². The predicted octanol–water partition coefficient (Wildman–Crippen LogP) is 4.21. The molecule has 0 aliphatic heterocycles. The van der Waals surface area contributed by atoms with Crippen LogP contribution in [0.5, 0.6) is 0 Å². The van der Waals surface area contributed by atoms with Crippen LogP contribution in [0.2, 0.25) is 0 Å². The average Bonchev–Trinajstić information content (AvgIpc) is 2.47. The van der Waals surface area contributed by atoms with Crippen LogP contribution in [0.15, 0.2) is 15.9 Å². The van der Waals surface area contributed by atoms with Gasteiger partial charge in [-0.15, -0.1) is 11.3 Å². The van der Waals surface area contributed by atoms with E-state index in [2.05, 4.69) is 41.9 Å². The predicted molar refractivity (Wildman–Crippen MR) is 74.8 cm³/mol. The fourth-order valence-corrected chi connectivity index (χ4v) is 4.90. The first kappa shape index (κ1) is 12.6. The summed E-state index contributed by atoms with van der Waals surface area (Å²) >= 11 is 5.34. The second kappa shape index (κ2) is 4.79. The second-order valence-electron chi connectivity index (χ2n) is 5.60. The van der Waals surface area contributed by atoms with Crippen molar-refractivity contribution in [3.8, 4) is 0 Å². The Bertz CT molecular complexity index is 351. The van der Waals surface area contributed by atoms with E-state index in [0.29, 0.717) is 0 Å². The van der Waals surface area contributed by atoms with Gasteiger partial charge in [-0.05, 0) is 65.6 Å². The van der Waals surface area contributed by atoms with Gasteiger partial charge in [0, 0.05) is 10.4 Å². The molecule has 16 heavy (non-hydrogen) atoms. The molecule has 2 rings (SSSR count). The first-order valence-corrected chi connectivity index (χ1v) is 7.61. The molecular formula is C13H20BrNS. The number of halogens is 1.